The quantitative estimate of drug-likeness (QED) is 0.762. The fraction of sp³-hybridized carbons (Fsp3) is 0.0769. The van der Waals surface area contributed by atoms with Crippen molar-refractivity contribution >= 4 is 11.8 Å². The Kier molecular flexibility index (Phi) is 2.08. The van der Waals surface area contributed by atoms with Crippen LogP contribution in [0.3, 0.4) is 0 Å². The summed E-state index contributed by atoms with van der Waals surface area (Å²) in [5.41, 5.74) is 2.87. The van der Waals surface area contributed by atoms with Crippen LogP contribution in [0.25, 0.3) is 0 Å². The molecular formula is C13H10N2O2. The van der Waals surface area contributed by atoms with Gasteiger partial charge < -0.3 is 4.98 Å². The number of H-pyrrole nitrogens is 1. The van der Waals surface area contributed by atoms with Crippen molar-refractivity contribution in [2.75, 3.05) is 0 Å². The molecule has 4 nitrogen and oxygen atoms in total. The average Bonchev–Trinajstić information content (AvgIpc) is 2.90. The van der Waals surface area contributed by atoms with E-state index in [4.69, 9.17) is 0 Å². The first-order valence-corrected chi connectivity index (χ1v) is 5.35. The summed E-state index contributed by atoms with van der Waals surface area (Å²) in [6, 6.07) is 9.21. The number of carbonyl (C=O) groups is 2. The molecule has 17 heavy (non-hydrogen) atoms. The summed E-state index contributed by atoms with van der Waals surface area (Å²) in [6.45, 7) is 0. The minimum absolute atomic E-state index is 0.299. The summed E-state index contributed by atoms with van der Waals surface area (Å²) in [5, 5.41) is 2.31. The van der Waals surface area contributed by atoms with E-state index in [1.165, 1.54) is 0 Å². The van der Waals surface area contributed by atoms with Crippen LogP contribution in [0.5, 0.6) is 0 Å². The number of amides is 2. The molecule has 1 aliphatic rings. The number of carbonyl (C=O) groups excluding carboxylic acids is 2. The molecule has 0 atom stereocenters. The lowest BCUT2D eigenvalue weighted by Gasteiger charge is -2.04. The Bertz CT molecular complexity index is 600. The van der Waals surface area contributed by atoms with Crippen LogP contribution in [0.4, 0.5) is 0 Å². The van der Waals surface area contributed by atoms with Gasteiger partial charge in [-0.25, -0.2) is 0 Å². The Balaban J connectivity index is 2.07. The van der Waals surface area contributed by atoms with E-state index in [1.54, 1.807) is 12.1 Å². The lowest BCUT2D eigenvalue weighted by molar-refractivity contribution is 0.0879. The van der Waals surface area contributed by atoms with Crippen molar-refractivity contribution in [2.45, 2.75) is 6.42 Å². The Hall–Kier alpha value is -2.36. The van der Waals surface area contributed by atoms with Gasteiger partial charge in [0.25, 0.3) is 11.8 Å². The SMILES string of the molecule is O=C1NC(=O)c2c(Cc3ccc[nH]3)cccc21. The molecule has 1 aliphatic heterocycles. The second-order valence-corrected chi connectivity index (χ2v) is 4.00. The normalized spacial score (nSPS) is 13.6. The molecule has 1 aromatic carbocycles. The van der Waals surface area contributed by atoms with Crippen molar-refractivity contribution in [3.8, 4) is 0 Å². The van der Waals surface area contributed by atoms with Gasteiger partial charge in [-0.2, -0.15) is 0 Å². The highest BCUT2D eigenvalue weighted by Gasteiger charge is 2.28. The smallest absolute Gasteiger partial charge is 0.259 e. The number of aromatic amines is 1. The van der Waals surface area contributed by atoms with Crippen LogP contribution < -0.4 is 5.32 Å². The molecule has 0 fully saturated rings. The van der Waals surface area contributed by atoms with Gasteiger partial charge in [0.1, 0.15) is 0 Å². The topological polar surface area (TPSA) is 62.0 Å². The summed E-state index contributed by atoms with van der Waals surface area (Å²) in [6.07, 6.45) is 2.46. The Labute approximate surface area is 97.7 Å². The van der Waals surface area contributed by atoms with E-state index in [-0.39, 0.29) is 11.8 Å². The average molecular weight is 226 g/mol. The number of aromatic nitrogens is 1. The van der Waals surface area contributed by atoms with Crippen molar-refractivity contribution in [1.82, 2.24) is 10.3 Å². The second kappa shape index (κ2) is 3.59. The second-order valence-electron chi connectivity index (χ2n) is 4.00. The van der Waals surface area contributed by atoms with Gasteiger partial charge in [-0.05, 0) is 23.8 Å². The van der Waals surface area contributed by atoms with E-state index >= 15 is 0 Å². The van der Waals surface area contributed by atoms with Crippen LogP contribution in [0.15, 0.2) is 36.5 Å². The molecule has 0 radical (unpaired) electrons. The third kappa shape index (κ3) is 1.54. The molecule has 0 spiro atoms. The number of imide groups is 1. The fourth-order valence-corrected chi connectivity index (χ4v) is 2.12. The van der Waals surface area contributed by atoms with Gasteiger partial charge in [-0.3, -0.25) is 14.9 Å². The molecule has 4 heteroatoms. The molecule has 0 aliphatic carbocycles. The fourth-order valence-electron chi connectivity index (χ4n) is 2.12. The van der Waals surface area contributed by atoms with Crippen molar-refractivity contribution in [2.24, 2.45) is 0 Å². The van der Waals surface area contributed by atoms with Crippen LogP contribution >= 0.6 is 0 Å². The van der Waals surface area contributed by atoms with E-state index in [0.29, 0.717) is 17.5 Å². The van der Waals surface area contributed by atoms with Crippen molar-refractivity contribution in [3.63, 3.8) is 0 Å². The zero-order valence-electron chi connectivity index (χ0n) is 8.99. The lowest BCUT2D eigenvalue weighted by Crippen LogP contribution is -2.20. The van der Waals surface area contributed by atoms with E-state index in [9.17, 15) is 9.59 Å². The molecule has 0 bridgehead atoms. The van der Waals surface area contributed by atoms with Crippen molar-refractivity contribution < 1.29 is 9.59 Å². The zero-order valence-corrected chi connectivity index (χ0v) is 8.99. The largest absolute Gasteiger partial charge is 0.365 e. The van der Waals surface area contributed by atoms with E-state index in [2.05, 4.69) is 10.3 Å². The lowest BCUT2D eigenvalue weighted by atomic mass is 9.99. The maximum Gasteiger partial charge on any atom is 0.259 e. The monoisotopic (exact) mass is 226 g/mol. The molecule has 3 rings (SSSR count). The first kappa shape index (κ1) is 9.84. The summed E-state index contributed by atoms with van der Waals surface area (Å²) >= 11 is 0. The number of nitrogens with one attached hydrogen (secondary N) is 2. The number of hydrogen-bond donors (Lipinski definition) is 2. The predicted octanol–water partition coefficient (Wildman–Crippen LogP) is 1.49. The predicted molar refractivity (Wildman–Crippen MR) is 61.8 cm³/mol. The third-order valence-corrected chi connectivity index (χ3v) is 2.89. The highest BCUT2D eigenvalue weighted by Crippen LogP contribution is 2.21. The van der Waals surface area contributed by atoms with Gasteiger partial charge in [0, 0.05) is 18.3 Å². The molecule has 84 valence electrons. The number of rotatable bonds is 2. The molecule has 2 amide bonds. The van der Waals surface area contributed by atoms with Crippen LogP contribution in [0.2, 0.25) is 0 Å². The molecule has 0 saturated heterocycles. The standard InChI is InChI=1S/C13H10N2O2/c16-12-10-5-1-3-8(11(10)13(17)15-12)7-9-4-2-6-14-9/h1-6,14H,7H2,(H,15,16,17). The molecule has 2 heterocycles. The van der Waals surface area contributed by atoms with Crippen molar-refractivity contribution in [1.29, 1.82) is 0 Å². The van der Waals surface area contributed by atoms with Gasteiger partial charge in [-0.1, -0.05) is 12.1 Å². The first-order chi connectivity index (χ1) is 8.25. The Morgan fingerprint density at radius 3 is 2.65 bits per heavy atom. The van der Waals surface area contributed by atoms with Gasteiger partial charge in [0.2, 0.25) is 0 Å². The van der Waals surface area contributed by atoms with E-state index in [0.717, 1.165) is 11.3 Å². The zero-order chi connectivity index (χ0) is 11.8. The highest BCUT2D eigenvalue weighted by atomic mass is 16.2. The van der Waals surface area contributed by atoms with Gasteiger partial charge in [-0.15, -0.1) is 0 Å². The molecule has 1 aromatic heterocycles. The first-order valence-electron chi connectivity index (χ1n) is 5.35. The molecular weight excluding hydrogens is 216 g/mol. The molecule has 2 aromatic rings. The summed E-state index contributed by atoms with van der Waals surface area (Å²) in [7, 11) is 0. The van der Waals surface area contributed by atoms with Crippen LogP contribution in [0.1, 0.15) is 32.0 Å². The number of fused-ring (bicyclic) bond motifs is 1. The van der Waals surface area contributed by atoms with Gasteiger partial charge >= 0.3 is 0 Å². The minimum Gasteiger partial charge on any atom is -0.365 e. The maximum absolute atomic E-state index is 11.7. The summed E-state index contributed by atoms with van der Waals surface area (Å²) < 4.78 is 0. The summed E-state index contributed by atoms with van der Waals surface area (Å²) in [4.78, 5) is 26.3. The minimum atomic E-state index is -0.307. The van der Waals surface area contributed by atoms with Crippen LogP contribution in [-0.2, 0) is 6.42 Å². The highest BCUT2D eigenvalue weighted by molar-refractivity contribution is 6.22. The molecule has 0 unspecified atom stereocenters. The number of hydrogen-bond acceptors (Lipinski definition) is 2. The van der Waals surface area contributed by atoms with Crippen LogP contribution in [-0.4, -0.2) is 16.8 Å². The van der Waals surface area contributed by atoms with E-state index < -0.39 is 0 Å². The number of benzene rings is 1. The Morgan fingerprint density at radius 2 is 1.88 bits per heavy atom. The van der Waals surface area contributed by atoms with Gasteiger partial charge in [0.05, 0.1) is 11.1 Å². The maximum atomic E-state index is 11.7. The third-order valence-electron chi connectivity index (χ3n) is 2.89. The van der Waals surface area contributed by atoms with Gasteiger partial charge in [0.15, 0.2) is 0 Å². The van der Waals surface area contributed by atoms with Crippen molar-refractivity contribution in [3.05, 3.63) is 58.9 Å². The van der Waals surface area contributed by atoms with E-state index in [1.807, 2.05) is 24.4 Å². The summed E-state index contributed by atoms with van der Waals surface area (Å²) in [5.74, 6) is -0.606. The Morgan fingerprint density at radius 1 is 1.00 bits per heavy atom. The molecule has 2 N–H and O–H groups in total. The van der Waals surface area contributed by atoms with Crippen LogP contribution in [0, 0.1) is 0 Å². The molecule has 0 saturated carbocycles.